The zero-order valence-electron chi connectivity index (χ0n) is 9.69. The molecular formula is C11H19N2O2+. The Morgan fingerprint density at radius 3 is 1.73 bits per heavy atom. The quantitative estimate of drug-likeness (QED) is 0.543. The number of hydrogen-bond donors (Lipinski definition) is 2. The number of rotatable bonds is 1. The third kappa shape index (κ3) is 8.77. The van der Waals surface area contributed by atoms with Crippen molar-refractivity contribution >= 4 is 11.7 Å². The zero-order valence-corrected chi connectivity index (χ0v) is 9.69. The van der Waals surface area contributed by atoms with Crippen LogP contribution in [0.4, 0.5) is 5.69 Å². The lowest BCUT2D eigenvalue weighted by atomic mass is 10.2. The third-order valence-electron chi connectivity index (χ3n) is 1.16. The first-order valence-corrected chi connectivity index (χ1v) is 4.58. The van der Waals surface area contributed by atoms with Crippen molar-refractivity contribution in [3.8, 4) is 0 Å². The van der Waals surface area contributed by atoms with E-state index in [1.165, 1.54) is 12.1 Å². The van der Waals surface area contributed by atoms with Crippen LogP contribution >= 0.6 is 0 Å². The Balaban J connectivity index is 0.000000336. The fraction of sp³-hybridized carbons (Fsp3) is 0.364. The summed E-state index contributed by atoms with van der Waals surface area (Å²) < 4.78 is 1.00. The number of carboxylic acids is 1. The number of nitrogens with zero attached hydrogens (tertiary/aromatic N) is 1. The second-order valence-corrected chi connectivity index (χ2v) is 4.61. The molecule has 1 aromatic rings. The van der Waals surface area contributed by atoms with E-state index in [0.717, 1.165) is 4.48 Å². The second kappa shape index (κ2) is 5.36. The lowest BCUT2D eigenvalue weighted by Crippen LogP contribution is -2.27. The molecule has 0 radical (unpaired) electrons. The molecule has 0 unspecified atom stereocenters. The molecule has 4 nitrogen and oxygen atoms in total. The van der Waals surface area contributed by atoms with Crippen LogP contribution in [-0.4, -0.2) is 43.7 Å². The highest BCUT2D eigenvalue weighted by Crippen LogP contribution is 2.04. The van der Waals surface area contributed by atoms with Gasteiger partial charge in [0.05, 0.1) is 33.8 Å². The normalized spacial score (nSPS) is 10.1. The van der Waals surface area contributed by atoms with Gasteiger partial charge in [0.2, 0.25) is 0 Å². The molecule has 0 spiro atoms. The maximum absolute atomic E-state index is 10.3. The first-order valence-electron chi connectivity index (χ1n) is 4.58. The molecule has 3 N–H and O–H groups in total. The molecule has 0 saturated carbocycles. The van der Waals surface area contributed by atoms with Crippen LogP contribution in [0.3, 0.4) is 0 Å². The van der Waals surface area contributed by atoms with Gasteiger partial charge in [-0.3, -0.25) is 0 Å². The van der Waals surface area contributed by atoms with E-state index in [4.69, 9.17) is 10.8 Å². The van der Waals surface area contributed by atoms with E-state index < -0.39 is 5.97 Å². The molecule has 0 saturated heterocycles. The second-order valence-electron chi connectivity index (χ2n) is 4.61. The minimum atomic E-state index is -0.931. The van der Waals surface area contributed by atoms with E-state index >= 15 is 0 Å². The van der Waals surface area contributed by atoms with Crippen LogP contribution in [0.1, 0.15) is 10.4 Å². The number of quaternary nitrogens is 1. The molecule has 0 aliphatic carbocycles. The van der Waals surface area contributed by atoms with E-state index in [1.807, 2.05) is 0 Å². The van der Waals surface area contributed by atoms with Gasteiger partial charge in [-0.05, 0) is 24.3 Å². The van der Waals surface area contributed by atoms with Gasteiger partial charge in [0.15, 0.2) is 0 Å². The van der Waals surface area contributed by atoms with Crippen molar-refractivity contribution in [3.05, 3.63) is 29.8 Å². The van der Waals surface area contributed by atoms with Crippen molar-refractivity contribution in [2.24, 2.45) is 0 Å². The molecule has 0 aliphatic rings. The van der Waals surface area contributed by atoms with Crippen molar-refractivity contribution in [1.82, 2.24) is 0 Å². The van der Waals surface area contributed by atoms with Gasteiger partial charge in [0, 0.05) is 5.69 Å². The van der Waals surface area contributed by atoms with Crippen LogP contribution in [-0.2, 0) is 0 Å². The summed E-state index contributed by atoms with van der Waals surface area (Å²) in [6.45, 7) is 0. The Morgan fingerprint density at radius 1 is 1.13 bits per heavy atom. The molecule has 0 aliphatic heterocycles. The van der Waals surface area contributed by atoms with Crippen LogP contribution < -0.4 is 5.73 Å². The van der Waals surface area contributed by atoms with Gasteiger partial charge < -0.3 is 15.3 Å². The van der Waals surface area contributed by atoms with Crippen molar-refractivity contribution in [1.29, 1.82) is 0 Å². The van der Waals surface area contributed by atoms with Gasteiger partial charge in [-0.1, -0.05) is 0 Å². The molecule has 84 valence electrons. The Morgan fingerprint density at radius 2 is 1.47 bits per heavy atom. The maximum Gasteiger partial charge on any atom is 0.335 e. The van der Waals surface area contributed by atoms with Crippen LogP contribution in [0.5, 0.6) is 0 Å². The highest BCUT2D eigenvalue weighted by atomic mass is 16.4. The highest BCUT2D eigenvalue weighted by Gasteiger charge is 1.98. The molecular weight excluding hydrogens is 192 g/mol. The first-order chi connectivity index (χ1) is 6.70. The molecule has 1 aromatic carbocycles. The molecule has 4 heteroatoms. The Labute approximate surface area is 90.5 Å². The predicted octanol–water partition coefficient (Wildman–Crippen LogP) is 1.29. The SMILES string of the molecule is C[N+](C)(C)C.Nc1ccc(C(=O)O)cc1. The van der Waals surface area contributed by atoms with Crippen LogP contribution in [0, 0.1) is 0 Å². The summed E-state index contributed by atoms with van der Waals surface area (Å²) in [5.41, 5.74) is 6.17. The molecule has 0 fully saturated rings. The Kier molecular flexibility index (Phi) is 4.81. The number of carbonyl (C=O) groups is 1. The van der Waals surface area contributed by atoms with E-state index in [1.54, 1.807) is 12.1 Å². The van der Waals surface area contributed by atoms with Crippen LogP contribution in [0.2, 0.25) is 0 Å². The Hall–Kier alpha value is -1.55. The monoisotopic (exact) mass is 211 g/mol. The topological polar surface area (TPSA) is 63.3 Å². The average molecular weight is 211 g/mol. The van der Waals surface area contributed by atoms with Crippen molar-refractivity contribution < 1.29 is 14.4 Å². The van der Waals surface area contributed by atoms with Gasteiger partial charge >= 0.3 is 5.97 Å². The standard InChI is InChI=1S/C7H7NO2.C4H12N/c8-6-3-1-5(2-4-6)7(9)10;1-5(2,3)4/h1-4H,8H2,(H,9,10);1-4H3/q;+1. The fourth-order valence-electron chi connectivity index (χ4n) is 0.626. The van der Waals surface area contributed by atoms with E-state index in [-0.39, 0.29) is 5.56 Å². The summed E-state index contributed by atoms with van der Waals surface area (Å²) in [5, 5.41) is 8.43. The molecule has 0 aromatic heterocycles. The molecule has 0 bridgehead atoms. The summed E-state index contributed by atoms with van der Waals surface area (Å²) in [6, 6.07) is 6.06. The lowest BCUT2D eigenvalue weighted by molar-refractivity contribution is -0.849. The highest BCUT2D eigenvalue weighted by molar-refractivity contribution is 5.87. The predicted molar refractivity (Wildman–Crippen MR) is 61.8 cm³/mol. The van der Waals surface area contributed by atoms with Crippen LogP contribution in [0.25, 0.3) is 0 Å². The number of benzene rings is 1. The maximum atomic E-state index is 10.3. The number of hydrogen-bond acceptors (Lipinski definition) is 2. The molecule has 0 atom stereocenters. The number of anilines is 1. The number of aromatic carboxylic acids is 1. The number of nitrogens with two attached hydrogens (primary N) is 1. The van der Waals surface area contributed by atoms with E-state index in [0.29, 0.717) is 5.69 Å². The first kappa shape index (κ1) is 13.4. The largest absolute Gasteiger partial charge is 0.478 e. The zero-order chi connectivity index (χ0) is 12.1. The van der Waals surface area contributed by atoms with Gasteiger partial charge in [-0.2, -0.15) is 0 Å². The number of carboxylic acid groups (broad SMARTS) is 1. The van der Waals surface area contributed by atoms with E-state index in [2.05, 4.69) is 28.2 Å². The summed E-state index contributed by atoms with van der Waals surface area (Å²) >= 11 is 0. The summed E-state index contributed by atoms with van der Waals surface area (Å²) in [6.07, 6.45) is 0. The summed E-state index contributed by atoms with van der Waals surface area (Å²) in [7, 11) is 8.50. The van der Waals surface area contributed by atoms with Gasteiger partial charge in [0.1, 0.15) is 0 Å². The van der Waals surface area contributed by atoms with Gasteiger partial charge in [-0.15, -0.1) is 0 Å². The molecule has 1 rings (SSSR count). The van der Waals surface area contributed by atoms with Gasteiger partial charge in [0.25, 0.3) is 0 Å². The number of nitrogen functional groups attached to an aromatic ring is 1. The lowest BCUT2D eigenvalue weighted by Gasteiger charge is -2.14. The third-order valence-corrected chi connectivity index (χ3v) is 1.16. The van der Waals surface area contributed by atoms with Gasteiger partial charge in [-0.25, -0.2) is 4.79 Å². The van der Waals surface area contributed by atoms with Crippen molar-refractivity contribution in [2.45, 2.75) is 0 Å². The van der Waals surface area contributed by atoms with E-state index in [9.17, 15) is 4.79 Å². The molecule has 15 heavy (non-hydrogen) atoms. The van der Waals surface area contributed by atoms with Crippen molar-refractivity contribution in [3.63, 3.8) is 0 Å². The minimum absolute atomic E-state index is 0.259. The molecule has 0 heterocycles. The fourth-order valence-corrected chi connectivity index (χ4v) is 0.626. The average Bonchev–Trinajstić information content (AvgIpc) is 2.01. The van der Waals surface area contributed by atoms with Crippen LogP contribution in [0.15, 0.2) is 24.3 Å². The summed E-state index contributed by atoms with van der Waals surface area (Å²) in [4.78, 5) is 10.3. The van der Waals surface area contributed by atoms with Crippen molar-refractivity contribution in [2.75, 3.05) is 33.9 Å². The minimum Gasteiger partial charge on any atom is -0.478 e. The molecule has 0 amide bonds. The summed E-state index contributed by atoms with van der Waals surface area (Å²) in [5.74, 6) is -0.931. The smallest absolute Gasteiger partial charge is 0.335 e. The Bertz CT molecular complexity index is 306.